The number of nitrogens with one attached hydrogen (secondary N) is 1. The van der Waals surface area contributed by atoms with Crippen molar-refractivity contribution in [2.75, 3.05) is 0 Å². The van der Waals surface area contributed by atoms with E-state index in [1.54, 1.807) is 0 Å². The standard InChI is InChI=1S/C20H25N3O3/c1-13-7-6-10-17(14(13)2)21-11-16-18(24)22-20(26)23(19(16)25)12-15-8-4-3-5-9-15/h3-5,8-9,11,13-14,16-17H,6-7,10,12H2,1-2H3,(H,22,24,26)/t13-,14+,16?,17-/m0/s1. The van der Waals surface area contributed by atoms with Gasteiger partial charge in [-0.15, -0.1) is 0 Å². The van der Waals surface area contributed by atoms with Crippen molar-refractivity contribution < 1.29 is 14.4 Å². The maximum atomic E-state index is 12.7. The van der Waals surface area contributed by atoms with Gasteiger partial charge in [0.1, 0.15) is 0 Å². The molecule has 4 atom stereocenters. The monoisotopic (exact) mass is 355 g/mol. The number of hydrogen-bond donors (Lipinski definition) is 1. The van der Waals surface area contributed by atoms with Crippen LogP contribution in [0.15, 0.2) is 35.3 Å². The van der Waals surface area contributed by atoms with E-state index in [0.29, 0.717) is 11.8 Å². The average Bonchev–Trinajstić information content (AvgIpc) is 2.62. The fraction of sp³-hybridized carbons (Fsp3) is 0.500. The number of aliphatic imine (C=N–C) groups is 1. The summed E-state index contributed by atoms with van der Waals surface area (Å²) in [6, 6.07) is 8.69. The summed E-state index contributed by atoms with van der Waals surface area (Å²) in [5.74, 6) is -1.14. The lowest BCUT2D eigenvalue weighted by Gasteiger charge is -2.32. The molecule has 1 saturated heterocycles. The quantitative estimate of drug-likeness (QED) is 0.666. The van der Waals surface area contributed by atoms with Gasteiger partial charge in [-0.3, -0.25) is 24.8 Å². The third-order valence-corrected chi connectivity index (χ3v) is 5.56. The van der Waals surface area contributed by atoms with Gasteiger partial charge in [-0.1, -0.05) is 57.0 Å². The molecule has 6 heteroatoms. The average molecular weight is 355 g/mol. The highest BCUT2D eigenvalue weighted by Gasteiger charge is 2.39. The Labute approximate surface area is 153 Å². The predicted molar refractivity (Wildman–Crippen MR) is 98.5 cm³/mol. The van der Waals surface area contributed by atoms with Gasteiger partial charge in [0.15, 0.2) is 5.92 Å². The van der Waals surface area contributed by atoms with Crippen LogP contribution < -0.4 is 5.32 Å². The van der Waals surface area contributed by atoms with Crippen LogP contribution in [-0.2, 0) is 16.1 Å². The van der Waals surface area contributed by atoms with Crippen molar-refractivity contribution in [3.8, 4) is 0 Å². The first-order chi connectivity index (χ1) is 12.5. The third kappa shape index (κ3) is 3.84. The summed E-state index contributed by atoms with van der Waals surface area (Å²) < 4.78 is 0. The van der Waals surface area contributed by atoms with Gasteiger partial charge in [-0.05, 0) is 23.8 Å². The summed E-state index contributed by atoms with van der Waals surface area (Å²) in [7, 11) is 0. The molecule has 0 bridgehead atoms. The van der Waals surface area contributed by atoms with Gasteiger partial charge < -0.3 is 0 Å². The van der Waals surface area contributed by atoms with Gasteiger partial charge in [-0.2, -0.15) is 0 Å². The Kier molecular flexibility index (Phi) is 5.49. The van der Waals surface area contributed by atoms with Crippen LogP contribution in [0.25, 0.3) is 0 Å². The molecule has 6 nitrogen and oxygen atoms in total. The van der Waals surface area contributed by atoms with Crippen LogP contribution in [0.2, 0.25) is 0 Å². The highest BCUT2D eigenvalue weighted by atomic mass is 16.2. The van der Waals surface area contributed by atoms with Gasteiger partial charge in [0.2, 0.25) is 11.8 Å². The van der Waals surface area contributed by atoms with Crippen molar-refractivity contribution in [3.63, 3.8) is 0 Å². The van der Waals surface area contributed by atoms with E-state index >= 15 is 0 Å². The molecule has 1 saturated carbocycles. The number of hydrogen-bond acceptors (Lipinski definition) is 4. The number of amides is 4. The van der Waals surface area contributed by atoms with Crippen LogP contribution in [0.4, 0.5) is 4.79 Å². The van der Waals surface area contributed by atoms with E-state index in [0.717, 1.165) is 23.3 Å². The van der Waals surface area contributed by atoms with Gasteiger partial charge in [0, 0.05) is 6.21 Å². The fourth-order valence-corrected chi connectivity index (χ4v) is 3.64. The van der Waals surface area contributed by atoms with Crippen molar-refractivity contribution in [3.05, 3.63) is 35.9 Å². The van der Waals surface area contributed by atoms with Gasteiger partial charge in [0.05, 0.1) is 12.6 Å². The number of carbonyl (C=O) groups is 3. The van der Waals surface area contributed by atoms with E-state index in [9.17, 15) is 14.4 Å². The maximum Gasteiger partial charge on any atom is 0.331 e. The molecule has 0 radical (unpaired) electrons. The van der Waals surface area contributed by atoms with Gasteiger partial charge >= 0.3 is 6.03 Å². The van der Waals surface area contributed by atoms with Crippen LogP contribution in [0.3, 0.4) is 0 Å². The topological polar surface area (TPSA) is 78.8 Å². The normalized spacial score (nSPS) is 29.9. The Balaban J connectivity index is 1.74. The molecule has 1 aliphatic carbocycles. The van der Waals surface area contributed by atoms with E-state index < -0.39 is 23.8 Å². The molecule has 26 heavy (non-hydrogen) atoms. The van der Waals surface area contributed by atoms with E-state index in [4.69, 9.17) is 0 Å². The summed E-state index contributed by atoms with van der Waals surface area (Å²) in [5, 5.41) is 2.27. The predicted octanol–water partition coefficient (Wildman–Crippen LogP) is 2.78. The van der Waals surface area contributed by atoms with E-state index in [-0.39, 0.29) is 12.6 Å². The summed E-state index contributed by atoms with van der Waals surface area (Å²) in [6.07, 6.45) is 4.71. The zero-order valence-corrected chi connectivity index (χ0v) is 15.2. The summed E-state index contributed by atoms with van der Waals surface area (Å²) in [5.41, 5.74) is 0.829. The molecular weight excluding hydrogens is 330 g/mol. The number of nitrogens with zero attached hydrogens (tertiary/aromatic N) is 2. The lowest BCUT2D eigenvalue weighted by atomic mass is 9.78. The van der Waals surface area contributed by atoms with Crippen LogP contribution >= 0.6 is 0 Å². The Bertz CT molecular complexity index is 716. The number of imide groups is 2. The number of barbiturate groups is 1. The zero-order chi connectivity index (χ0) is 18.7. The van der Waals surface area contributed by atoms with Crippen LogP contribution in [0, 0.1) is 17.8 Å². The largest absolute Gasteiger partial charge is 0.331 e. The zero-order valence-electron chi connectivity index (χ0n) is 15.2. The molecule has 1 heterocycles. The Hall–Kier alpha value is -2.50. The first-order valence-electron chi connectivity index (χ1n) is 9.20. The van der Waals surface area contributed by atoms with E-state index in [2.05, 4.69) is 24.2 Å². The molecule has 1 unspecified atom stereocenters. The number of carbonyl (C=O) groups excluding carboxylic acids is 3. The molecule has 3 rings (SSSR count). The van der Waals surface area contributed by atoms with Gasteiger partial charge in [0.25, 0.3) is 0 Å². The Morgan fingerprint density at radius 2 is 1.88 bits per heavy atom. The molecule has 1 aliphatic heterocycles. The number of rotatable bonds is 4. The minimum atomic E-state index is -1.04. The van der Waals surface area contributed by atoms with Crippen LogP contribution in [0.5, 0.6) is 0 Å². The molecule has 4 amide bonds. The maximum absolute atomic E-state index is 12.7. The SMILES string of the molecule is C[C@H]1[C@@H](N=CC2C(=O)NC(=O)N(Cc3ccccc3)C2=O)CCC[C@@H]1C. The molecule has 138 valence electrons. The molecule has 0 aromatic heterocycles. The molecule has 0 spiro atoms. The smallest absolute Gasteiger partial charge is 0.293 e. The van der Waals surface area contributed by atoms with E-state index in [1.165, 1.54) is 12.6 Å². The highest BCUT2D eigenvalue weighted by Crippen LogP contribution is 2.31. The number of urea groups is 1. The van der Waals surface area contributed by atoms with Gasteiger partial charge in [-0.25, -0.2) is 4.79 Å². The van der Waals surface area contributed by atoms with Crippen molar-refractivity contribution in [1.82, 2.24) is 10.2 Å². The summed E-state index contributed by atoms with van der Waals surface area (Å²) in [4.78, 5) is 42.6. The summed E-state index contributed by atoms with van der Waals surface area (Å²) >= 11 is 0. The summed E-state index contributed by atoms with van der Waals surface area (Å²) in [6.45, 7) is 4.52. The molecule has 2 fully saturated rings. The molecule has 1 aromatic rings. The van der Waals surface area contributed by atoms with Crippen LogP contribution in [0.1, 0.15) is 38.7 Å². The Morgan fingerprint density at radius 1 is 1.15 bits per heavy atom. The molecule has 2 aliphatic rings. The van der Waals surface area contributed by atoms with Crippen molar-refractivity contribution in [2.24, 2.45) is 22.7 Å². The molecular formula is C20H25N3O3. The third-order valence-electron chi connectivity index (χ3n) is 5.56. The lowest BCUT2D eigenvalue weighted by Crippen LogP contribution is -2.58. The number of benzene rings is 1. The molecule has 1 N–H and O–H groups in total. The first kappa shape index (κ1) is 18.3. The minimum Gasteiger partial charge on any atom is -0.293 e. The second-order valence-electron chi connectivity index (χ2n) is 7.31. The first-order valence-corrected chi connectivity index (χ1v) is 9.20. The Morgan fingerprint density at radius 3 is 2.62 bits per heavy atom. The van der Waals surface area contributed by atoms with Crippen LogP contribution in [-0.4, -0.2) is 35.0 Å². The minimum absolute atomic E-state index is 0.125. The van der Waals surface area contributed by atoms with E-state index in [1.807, 2.05) is 30.3 Å². The second-order valence-corrected chi connectivity index (χ2v) is 7.31. The lowest BCUT2D eigenvalue weighted by molar-refractivity contribution is -0.139. The van der Waals surface area contributed by atoms with Crippen molar-refractivity contribution >= 4 is 24.1 Å². The highest BCUT2D eigenvalue weighted by molar-refractivity contribution is 6.23. The second kappa shape index (κ2) is 7.81. The van der Waals surface area contributed by atoms with Crippen molar-refractivity contribution in [1.29, 1.82) is 0 Å². The fourth-order valence-electron chi connectivity index (χ4n) is 3.64. The van der Waals surface area contributed by atoms with Crippen molar-refractivity contribution in [2.45, 2.75) is 45.7 Å². The molecule has 1 aromatic carbocycles.